The van der Waals surface area contributed by atoms with Gasteiger partial charge in [0.1, 0.15) is 5.75 Å². The lowest BCUT2D eigenvalue weighted by atomic mass is 9.85. The Hall–Kier alpha value is -3.31. The molecule has 0 saturated carbocycles. The zero-order valence-electron chi connectivity index (χ0n) is 18.0. The van der Waals surface area contributed by atoms with Gasteiger partial charge in [-0.15, -0.1) is 13.2 Å². The molecule has 0 N–H and O–H groups in total. The van der Waals surface area contributed by atoms with E-state index in [0.717, 1.165) is 37.0 Å². The van der Waals surface area contributed by atoms with Crippen LogP contribution in [0.3, 0.4) is 0 Å². The van der Waals surface area contributed by atoms with Gasteiger partial charge in [0, 0.05) is 5.39 Å². The minimum Gasteiger partial charge on any atom is -0.406 e. The maximum absolute atomic E-state index is 12.6. The molecule has 6 heteroatoms. The van der Waals surface area contributed by atoms with E-state index >= 15 is 0 Å². The molecular weight excluding hydrogens is 459 g/mol. The normalized spacial score (nSPS) is 14.8. The van der Waals surface area contributed by atoms with E-state index in [1.165, 1.54) is 50.2 Å². The summed E-state index contributed by atoms with van der Waals surface area (Å²) in [6, 6.07) is 18.7. The fraction of sp³-hybridized carbons (Fsp3) is 0.179. The summed E-state index contributed by atoms with van der Waals surface area (Å²) in [4.78, 5) is 4.78. The Bertz CT molecular complexity index is 1690. The van der Waals surface area contributed by atoms with E-state index < -0.39 is 6.36 Å². The lowest BCUT2D eigenvalue weighted by Gasteiger charge is -2.21. The van der Waals surface area contributed by atoms with Crippen molar-refractivity contribution < 1.29 is 17.9 Å². The molecule has 0 bridgehead atoms. The average molecular weight is 478 g/mol. The van der Waals surface area contributed by atoms with Crippen molar-refractivity contribution in [3.8, 4) is 5.75 Å². The van der Waals surface area contributed by atoms with Crippen LogP contribution in [0.25, 0.3) is 22.6 Å². The first kappa shape index (κ1) is 21.2. The number of ether oxygens (including phenoxy) is 1. The van der Waals surface area contributed by atoms with Gasteiger partial charge in [-0.2, -0.15) is 0 Å². The van der Waals surface area contributed by atoms with Gasteiger partial charge < -0.3 is 4.74 Å². The Morgan fingerprint density at radius 2 is 1.68 bits per heavy atom. The van der Waals surface area contributed by atoms with Gasteiger partial charge in [-0.05, 0) is 87.5 Å². The molecule has 6 rings (SSSR count). The van der Waals surface area contributed by atoms with E-state index in [4.69, 9.17) is 16.6 Å². The van der Waals surface area contributed by atoms with E-state index in [9.17, 15) is 13.2 Å². The molecule has 0 spiro atoms. The highest BCUT2D eigenvalue weighted by Gasteiger charge is 2.31. The number of hydrogen-bond acceptors (Lipinski definition) is 2. The van der Waals surface area contributed by atoms with Crippen LogP contribution < -0.4 is 15.2 Å². The molecule has 2 aliphatic rings. The molecule has 2 aliphatic carbocycles. The van der Waals surface area contributed by atoms with E-state index in [1.54, 1.807) is 6.07 Å². The van der Waals surface area contributed by atoms with Crippen molar-refractivity contribution in [3.63, 3.8) is 0 Å². The number of alkyl halides is 3. The van der Waals surface area contributed by atoms with Crippen LogP contribution in [0, 0.1) is 10.4 Å². The summed E-state index contributed by atoms with van der Waals surface area (Å²) >= 11 is 6.53. The second-order valence-corrected chi connectivity index (χ2v) is 9.07. The molecule has 2 nitrogen and oxygen atoms in total. The highest BCUT2D eigenvalue weighted by Crippen LogP contribution is 2.33. The lowest BCUT2D eigenvalue weighted by molar-refractivity contribution is -0.274. The Balaban J connectivity index is 1.54. The first-order valence-electron chi connectivity index (χ1n) is 11.2. The molecule has 1 aromatic heterocycles. The second kappa shape index (κ2) is 7.88. The number of fused-ring (bicyclic) bond motifs is 5. The Labute approximate surface area is 198 Å². The standard InChI is InChI=1S/C28H19ClF3NO/c29-25-15-27(33-26-13-9-17(14-24(25)26)34-28(30,31)32)23-7-3-6-19-21-10-8-16-4-1-2-5-18(16)20(21)11-12-22(19)23/h1-2,4-5,8-9,11-15H,3,6-7,10H2. The van der Waals surface area contributed by atoms with Crippen LogP contribution in [0.1, 0.15) is 29.7 Å². The number of rotatable bonds is 2. The van der Waals surface area contributed by atoms with E-state index in [0.29, 0.717) is 15.9 Å². The molecule has 0 fully saturated rings. The Morgan fingerprint density at radius 1 is 0.853 bits per heavy atom. The quantitative estimate of drug-likeness (QED) is 0.356. The largest absolute Gasteiger partial charge is 0.573 e. The minimum absolute atomic E-state index is 0.310. The van der Waals surface area contributed by atoms with Crippen LogP contribution in [0.4, 0.5) is 13.2 Å². The van der Waals surface area contributed by atoms with Crippen LogP contribution >= 0.6 is 11.6 Å². The third kappa shape index (κ3) is 3.64. The molecule has 4 aromatic rings. The predicted molar refractivity (Wildman–Crippen MR) is 127 cm³/mol. The summed E-state index contributed by atoms with van der Waals surface area (Å²) in [5, 5.41) is 5.81. The summed E-state index contributed by atoms with van der Waals surface area (Å²) < 4.78 is 41.9. The number of pyridine rings is 1. The van der Waals surface area contributed by atoms with Crippen molar-refractivity contribution in [2.24, 2.45) is 0 Å². The number of hydrogen-bond donors (Lipinski definition) is 0. The van der Waals surface area contributed by atoms with Gasteiger partial charge in [0.2, 0.25) is 0 Å². The molecule has 0 atom stereocenters. The maximum Gasteiger partial charge on any atom is 0.573 e. The highest BCUT2D eigenvalue weighted by molar-refractivity contribution is 6.35. The van der Waals surface area contributed by atoms with Crippen LogP contribution in [-0.4, -0.2) is 11.3 Å². The number of nitrogens with zero attached hydrogens (tertiary/aromatic N) is 1. The summed E-state index contributed by atoms with van der Waals surface area (Å²) in [5.41, 5.74) is 5.16. The molecule has 170 valence electrons. The molecule has 3 aromatic carbocycles. The number of halogens is 4. The smallest absolute Gasteiger partial charge is 0.406 e. The van der Waals surface area contributed by atoms with E-state index in [2.05, 4.69) is 47.2 Å². The summed E-state index contributed by atoms with van der Waals surface area (Å²) in [6.45, 7) is 0. The van der Waals surface area contributed by atoms with E-state index in [-0.39, 0.29) is 5.75 Å². The molecule has 0 aliphatic heterocycles. The molecular formula is C28H19ClF3NO. The van der Waals surface area contributed by atoms with Crippen molar-refractivity contribution >= 4 is 34.2 Å². The molecule has 0 saturated heterocycles. The average Bonchev–Trinajstić information content (AvgIpc) is 2.82. The van der Waals surface area contributed by atoms with Crippen LogP contribution in [-0.2, 0) is 12.8 Å². The van der Waals surface area contributed by atoms with Gasteiger partial charge in [-0.1, -0.05) is 54.1 Å². The SMILES string of the molecule is FC(F)(F)Oc1ccc2nc(C3=c4ccc5c(c4CCC3)CC=c3ccccc3=5)cc(Cl)c2c1. The zero-order chi connectivity index (χ0) is 23.4. The first-order valence-corrected chi connectivity index (χ1v) is 11.6. The van der Waals surface area contributed by atoms with Crippen LogP contribution in [0.5, 0.6) is 5.75 Å². The first-order chi connectivity index (χ1) is 16.4. The highest BCUT2D eigenvalue weighted by atomic mass is 35.5. The summed E-state index contributed by atoms with van der Waals surface area (Å²) in [5.74, 6) is -0.310. The Morgan fingerprint density at radius 3 is 2.53 bits per heavy atom. The zero-order valence-corrected chi connectivity index (χ0v) is 18.8. The van der Waals surface area contributed by atoms with Gasteiger partial charge in [0.25, 0.3) is 0 Å². The summed E-state index contributed by atoms with van der Waals surface area (Å²) in [6.07, 6.45) is 1.32. The van der Waals surface area contributed by atoms with Gasteiger partial charge in [0.15, 0.2) is 0 Å². The van der Waals surface area contributed by atoms with Crippen molar-refractivity contribution in [2.45, 2.75) is 32.0 Å². The van der Waals surface area contributed by atoms with Crippen LogP contribution in [0.15, 0.2) is 60.7 Å². The lowest BCUT2D eigenvalue weighted by Crippen LogP contribution is -2.23. The summed E-state index contributed by atoms with van der Waals surface area (Å²) in [7, 11) is 0. The number of benzene rings is 3. The third-order valence-electron chi connectivity index (χ3n) is 6.66. The fourth-order valence-electron chi connectivity index (χ4n) is 5.24. The topological polar surface area (TPSA) is 22.1 Å². The minimum atomic E-state index is -4.76. The monoisotopic (exact) mass is 477 g/mol. The number of aromatic nitrogens is 1. The van der Waals surface area contributed by atoms with Gasteiger partial charge in [-0.3, -0.25) is 0 Å². The van der Waals surface area contributed by atoms with Crippen molar-refractivity contribution in [1.29, 1.82) is 0 Å². The van der Waals surface area contributed by atoms with Gasteiger partial charge >= 0.3 is 6.36 Å². The predicted octanol–water partition coefficient (Wildman–Crippen LogP) is 5.95. The molecule has 34 heavy (non-hydrogen) atoms. The maximum atomic E-state index is 12.6. The molecule has 0 amide bonds. The van der Waals surface area contributed by atoms with Crippen molar-refractivity contribution in [2.75, 3.05) is 0 Å². The fourth-order valence-corrected chi connectivity index (χ4v) is 5.49. The van der Waals surface area contributed by atoms with E-state index in [1.807, 2.05) is 0 Å². The molecule has 0 unspecified atom stereocenters. The van der Waals surface area contributed by atoms with Crippen molar-refractivity contribution in [3.05, 3.63) is 103 Å². The van der Waals surface area contributed by atoms with Crippen molar-refractivity contribution in [1.82, 2.24) is 4.98 Å². The van der Waals surface area contributed by atoms with Crippen LogP contribution in [0.2, 0.25) is 5.02 Å². The Kier molecular flexibility index (Phi) is 4.92. The second-order valence-electron chi connectivity index (χ2n) is 8.66. The molecule has 1 heterocycles. The van der Waals surface area contributed by atoms with Gasteiger partial charge in [0.05, 0.1) is 16.2 Å². The third-order valence-corrected chi connectivity index (χ3v) is 6.97. The molecule has 0 radical (unpaired) electrons. The van der Waals surface area contributed by atoms with Gasteiger partial charge in [-0.25, -0.2) is 4.98 Å².